The van der Waals surface area contributed by atoms with Crippen molar-refractivity contribution in [3.05, 3.63) is 23.8 Å². The molecule has 1 heterocycles. The predicted octanol–water partition coefficient (Wildman–Crippen LogP) is 2.29. The van der Waals surface area contributed by atoms with Gasteiger partial charge in [-0.2, -0.15) is 0 Å². The highest BCUT2D eigenvalue weighted by Gasteiger charge is 2.55. The number of phenolic OH excluding ortho intramolecular Hbond substituents is 1. The van der Waals surface area contributed by atoms with Crippen LogP contribution >= 0.6 is 0 Å². The topological polar surface area (TPSA) is 55.8 Å². The molecule has 1 atom stereocenters. The minimum Gasteiger partial charge on any atom is -0.508 e. The highest BCUT2D eigenvalue weighted by Crippen LogP contribution is 2.46. The molecule has 1 aliphatic heterocycles. The van der Waals surface area contributed by atoms with E-state index in [1.54, 1.807) is 18.2 Å². The number of aromatic hydroxyl groups is 1. The molecule has 0 saturated heterocycles. The second kappa shape index (κ2) is 3.90. The fourth-order valence-electron chi connectivity index (χ4n) is 2.30. The first-order chi connectivity index (χ1) is 8.30. The minimum absolute atomic E-state index is 0.173. The number of methoxy groups -OCH3 is 1. The molecule has 4 nitrogen and oxygen atoms in total. The van der Waals surface area contributed by atoms with Crippen LogP contribution in [0.5, 0.6) is 11.5 Å². The minimum atomic E-state index is -1.03. The SMILES string of the molecule is COC(=O)[C@]1(C(C)(C)C)Cc2cc(O)ccc2O1. The van der Waals surface area contributed by atoms with Gasteiger partial charge in [0.1, 0.15) is 11.5 Å². The van der Waals surface area contributed by atoms with Crippen molar-refractivity contribution in [2.75, 3.05) is 7.11 Å². The quantitative estimate of drug-likeness (QED) is 0.777. The zero-order chi connectivity index (χ0) is 13.6. The van der Waals surface area contributed by atoms with E-state index in [-0.39, 0.29) is 11.7 Å². The summed E-state index contributed by atoms with van der Waals surface area (Å²) in [5.41, 5.74) is -0.609. The Balaban J connectivity index is 2.47. The summed E-state index contributed by atoms with van der Waals surface area (Å²) in [4.78, 5) is 12.1. The van der Waals surface area contributed by atoms with Crippen LogP contribution in [0.3, 0.4) is 0 Å². The molecule has 2 rings (SSSR count). The lowest BCUT2D eigenvalue weighted by atomic mass is 9.74. The monoisotopic (exact) mass is 250 g/mol. The Kier molecular flexibility index (Phi) is 2.76. The van der Waals surface area contributed by atoms with Gasteiger partial charge in [-0.1, -0.05) is 20.8 Å². The van der Waals surface area contributed by atoms with Gasteiger partial charge in [-0.3, -0.25) is 0 Å². The Morgan fingerprint density at radius 2 is 2.11 bits per heavy atom. The lowest BCUT2D eigenvalue weighted by molar-refractivity contribution is -0.167. The number of esters is 1. The zero-order valence-corrected chi connectivity index (χ0v) is 11.1. The molecule has 98 valence electrons. The number of ether oxygens (including phenoxy) is 2. The molecule has 0 amide bonds. The van der Waals surface area contributed by atoms with Crippen molar-refractivity contribution in [2.24, 2.45) is 5.41 Å². The summed E-state index contributed by atoms with van der Waals surface area (Å²) < 4.78 is 10.8. The van der Waals surface area contributed by atoms with Gasteiger partial charge in [-0.15, -0.1) is 0 Å². The first kappa shape index (κ1) is 12.7. The molecule has 1 N–H and O–H groups in total. The Morgan fingerprint density at radius 3 is 2.67 bits per heavy atom. The molecule has 1 aliphatic rings. The van der Waals surface area contributed by atoms with Gasteiger partial charge in [0.15, 0.2) is 0 Å². The summed E-state index contributed by atoms with van der Waals surface area (Å²) in [6, 6.07) is 4.86. The largest absolute Gasteiger partial charge is 0.508 e. The van der Waals surface area contributed by atoms with Crippen molar-refractivity contribution in [3.63, 3.8) is 0 Å². The third-order valence-electron chi connectivity index (χ3n) is 3.49. The van der Waals surface area contributed by atoms with E-state index < -0.39 is 11.0 Å². The Hall–Kier alpha value is -1.71. The summed E-state index contributed by atoms with van der Waals surface area (Å²) in [7, 11) is 1.36. The highest BCUT2D eigenvalue weighted by molar-refractivity contribution is 5.83. The molecule has 4 heteroatoms. The van der Waals surface area contributed by atoms with Crippen LogP contribution in [0, 0.1) is 5.41 Å². The lowest BCUT2D eigenvalue weighted by Gasteiger charge is -2.37. The second-order valence-corrected chi connectivity index (χ2v) is 5.64. The number of hydrogen-bond donors (Lipinski definition) is 1. The number of carbonyl (C=O) groups is 1. The number of benzene rings is 1. The Labute approximate surface area is 107 Å². The zero-order valence-electron chi connectivity index (χ0n) is 11.1. The first-order valence-electron chi connectivity index (χ1n) is 5.89. The molecule has 0 radical (unpaired) electrons. The van der Waals surface area contributed by atoms with Crippen LogP contribution in [0.25, 0.3) is 0 Å². The molecule has 0 bridgehead atoms. The van der Waals surface area contributed by atoms with Crippen molar-refractivity contribution in [3.8, 4) is 11.5 Å². The summed E-state index contributed by atoms with van der Waals surface area (Å²) in [5.74, 6) is 0.422. The van der Waals surface area contributed by atoms with Crippen LogP contribution in [0.4, 0.5) is 0 Å². The van der Waals surface area contributed by atoms with Gasteiger partial charge in [-0.05, 0) is 18.2 Å². The van der Waals surface area contributed by atoms with E-state index in [1.165, 1.54) is 7.11 Å². The van der Waals surface area contributed by atoms with Gasteiger partial charge in [0, 0.05) is 17.4 Å². The number of rotatable bonds is 1. The molecule has 0 aromatic heterocycles. The van der Waals surface area contributed by atoms with E-state index in [1.807, 2.05) is 20.8 Å². The van der Waals surface area contributed by atoms with E-state index in [9.17, 15) is 9.90 Å². The van der Waals surface area contributed by atoms with Gasteiger partial charge in [0.25, 0.3) is 0 Å². The maximum absolute atomic E-state index is 12.1. The molecular formula is C14H18O4. The smallest absolute Gasteiger partial charge is 0.351 e. The molecule has 0 unspecified atom stereocenters. The van der Waals surface area contributed by atoms with Gasteiger partial charge in [0.05, 0.1) is 7.11 Å². The van der Waals surface area contributed by atoms with E-state index in [0.29, 0.717) is 12.2 Å². The Bertz CT molecular complexity index is 487. The molecule has 1 aromatic carbocycles. The summed E-state index contributed by atoms with van der Waals surface area (Å²) >= 11 is 0. The van der Waals surface area contributed by atoms with Crippen LogP contribution in [-0.4, -0.2) is 23.8 Å². The van der Waals surface area contributed by atoms with Gasteiger partial charge in [-0.25, -0.2) is 4.79 Å². The van der Waals surface area contributed by atoms with Crippen molar-refractivity contribution >= 4 is 5.97 Å². The molecule has 0 saturated carbocycles. The highest BCUT2D eigenvalue weighted by atomic mass is 16.6. The first-order valence-corrected chi connectivity index (χ1v) is 5.89. The Morgan fingerprint density at radius 1 is 1.44 bits per heavy atom. The normalized spacial score (nSPS) is 22.2. The van der Waals surface area contributed by atoms with Crippen LogP contribution in [0.15, 0.2) is 18.2 Å². The second-order valence-electron chi connectivity index (χ2n) is 5.64. The van der Waals surface area contributed by atoms with Crippen LogP contribution < -0.4 is 4.74 Å². The van der Waals surface area contributed by atoms with Crippen molar-refractivity contribution < 1.29 is 19.4 Å². The van der Waals surface area contributed by atoms with Crippen molar-refractivity contribution in [2.45, 2.75) is 32.8 Å². The summed E-state index contributed by atoms with van der Waals surface area (Å²) in [5, 5.41) is 9.49. The van der Waals surface area contributed by atoms with Crippen LogP contribution in [0.2, 0.25) is 0 Å². The number of phenols is 1. The average Bonchev–Trinajstić information content (AvgIpc) is 2.67. The number of carbonyl (C=O) groups excluding carboxylic acids is 1. The third kappa shape index (κ3) is 1.72. The molecular weight excluding hydrogens is 232 g/mol. The molecule has 0 fully saturated rings. The molecule has 0 spiro atoms. The number of fused-ring (bicyclic) bond motifs is 1. The van der Waals surface area contributed by atoms with E-state index >= 15 is 0 Å². The number of hydrogen-bond acceptors (Lipinski definition) is 4. The summed E-state index contributed by atoms with van der Waals surface area (Å²) in [6.45, 7) is 5.82. The predicted molar refractivity (Wildman–Crippen MR) is 66.6 cm³/mol. The third-order valence-corrected chi connectivity index (χ3v) is 3.49. The van der Waals surface area contributed by atoms with Gasteiger partial charge < -0.3 is 14.6 Å². The lowest BCUT2D eigenvalue weighted by Crippen LogP contribution is -2.54. The van der Waals surface area contributed by atoms with Gasteiger partial charge >= 0.3 is 5.97 Å². The van der Waals surface area contributed by atoms with Crippen molar-refractivity contribution in [1.82, 2.24) is 0 Å². The standard InChI is InChI=1S/C14H18O4/c1-13(2,3)14(12(16)17-4)8-9-7-10(15)5-6-11(9)18-14/h5-7,15H,8H2,1-4H3/t14-/m0/s1. The van der Waals surface area contributed by atoms with E-state index in [4.69, 9.17) is 9.47 Å². The average molecular weight is 250 g/mol. The van der Waals surface area contributed by atoms with E-state index in [0.717, 1.165) is 5.56 Å². The molecule has 18 heavy (non-hydrogen) atoms. The van der Waals surface area contributed by atoms with E-state index in [2.05, 4.69) is 0 Å². The molecule has 0 aliphatic carbocycles. The van der Waals surface area contributed by atoms with Gasteiger partial charge in [0.2, 0.25) is 5.60 Å². The maximum atomic E-state index is 12.1. The van der Waals surface area contributed by atoms with Crippen LogP contribution in [0.1, 0.15) is 26.3 Å². The maximum Gasteiger partial charge on any atom is 0.351 e. The van der Waals surface area contributed by atoms with Crippen LogP contribution in [-0.2, 0) is 16.0 Å². The van der Waals surface area contributed by atoms with Crippen molar-refractivity contribution in [1.29, 1.82) is 0 Å². The summed E-state index contributed by atoms with van der Waals surface area (Å²) in [6.07, 6.45) is 0.410. The fourth-order valence-corrected chi connectivity index (χ4v) is 2.30. The fraction of sp³-hybridized carbons (Fsp3) is 0.500. The molecule has 1 aromatic rings.